The van der Waals surface area contributed by atoms with Gasteiger partial charge in [0.15, 0.2) is 10.1 Å². The minimum atomic E-state index is -6.09. The fourth-order valence-electron chi connectivity index (χ4n) is 7.42. The van der Waals surface area contributed by atoms with Crippen LogP contribution < -0.4 is 21.2 Å². The zero-order valence-corrected chi connectivity index (χ0v) is 47.5. The Balaban J connectivity index is 0.000000326. The van der Waals surface area contributed by atoms with Gasteiger partial charge in [-0.05, 0) is 108 Å². The third kappa shape index (κ3) is 16.2. The molecule has 0 fully saturated rings. The van der Waals surface area contributed by atoms with E-state index in [0.717, 1.165) is 17.1 Å². The van der Waals surface area contributed by atoms with Crippen molar-refractivity contribution in [1.82, 2.24) is 29.1 Å². The molecule has 0 atom stereocenters. The van der Waals surface area contributed by atoms with Crippen molar-refractivity contribution in [3.8, 4) is 0 Å². The van der Waals surface area contributed by atoms with Crippen LogP contribution in [-0.4, -0.2) is 60.1 Å². The average molecular weight is 1130 g/mol. The van der Waals surface area contributed by atoms with Crippen LogP contribution in [0.3, 0.4) is 0 Å². The molecule has 0 saturated heterocycles. The molecule has 4 aromatic carbocycles. The predicted octanol–water partition coefficient (Wildman–Crippen LogP) is 11.9. The molecule has 0 spiro atoms. The normalized spacial score (nSPS) is 12.0. The molecular weight excluding hydrogens is 1060 g/mol. The summed E-state index contributed by atoms with van der Waals surface area (Å²) in [5.74, 6) is 6.93. The SMILES string of the molecule is C(=C\P(c1ccccc1)c1ccccc1)/P(c1ccccc1)c1ccccc1.CC(C)c1cc(C(C)C)n([B-](n2nc(C(C)C)cc2C(C)C)n2nc(C(C)C)cc2C(C)C)n1.O.O=S(=O)([O-])C(F)(F)F.[Ru+2]. The first-order chi connectivity index (χ1) is 33.0. The average Bonchev–Trinajstić information content (AvgIpc) is 4.09. The van der Waals surface area contributed by atoms with Crippen molar-refractivity contribution in [2.75, 3.05) is 0 Å². The number of nitrogens with zero attached hydrogens (tertiary/aromatic N) is 6. The first-order valence-corrected chi connectivity index (χ1v) is 28.0. The maximum Gasteiger partial charge on any atom is 2.00 e. The fraction of sp³-hybridized carbons (Fsp3) is 0.352. The molecule has 0 aliphatic heterocycles. The molecule has 0 amide bonds. The second kappa shape index (κ2) is 27.7. The van der Waals surface area contributed by atoms with Crippen LogP contribution in [0, 0.1) is 0 Å². The van der Waals surface area contributed by atoms with Crippen molar-refractivity contribution < 1.29 is 51.1 Å². The van der Waals surface area contributed by atoms with E-state index in [1.54, 1.807) is 0 Å². The second-order valence-corrected chi connectivity index (χ2v) is 24.4. The Morgan fingerprint density at radius 3 is 0.847 bits per heavy atom. The van der Waals surface area contributed by atoms with E-state index < -0.39 is 31.5 Å². The molecule has 0 bridgehead atoms. The van der Waals surface area contributed by atoms with Gasteiger partial charge in [-0.25, -0.2) is 23.7 Å². The summed E-state index contributed by atoms with van der Waals surface area (Å²) in [5.41, 5.74) is 1.31. The van der Waals surface area contributed by atoms with Crippen LogP contribution in [0.2, 0.25) is 0 Å². The second-order valence-electron chi connectivity index (χ2n) is 18.9. The fourth-order valence-corrected chi connectivity index (χ4v) is 11.7. The van der Waals surface area contributed by atoms with Crippen molar-refractivity contribution in [1.29, 1.82) is 0 Å². The van der Waals surface area contributed by atoms with E-state index in [2.05, 4.69) is 248 Å². The van der Waals surface area contributed by atoms with Gasteiger partial charge in [0.1, 0.15) is 0 Å². The molecule has 0 aliphatic carbocycles. The summed E-state index contributed by atoms with van der Waals surface area (Å²) in [4.78, 5) is 0. The minimum Gasteiger partial charge on any atom is -0.741 e. The molecule has 7 rings (SSSR count). The molecule has 10 nitrogen and oxygen atoms in total. The summed E-state index contributed by atoms with van der Waals surface area (Å²) in [6.07, 6.45) is 0. The third-order valence-corrected chi connectivity index (χ3v) is 16.5. The number of alkyl halides is 3. The topological polar surface area (TPSA) is 142 Å². The molecular formula is C54H69BF3N6O4P2RuS. The molecule has 2 N–H and O–H groups in total. The third-order valence-electron chi connectivity index (χ3n) is 11.3. The van der Waals surface area contributed by atoms with Crippen LogP contribution in [0.4, 0.5) is 13.2 Å². The Morgan fingerprint density at radius 2 is 0.681 bits per heavy atom. The van der Waals surface area contributed by atoms with Gasteiger partial charge in [0, 0.05) is 0 Å². The van der Waals surface area contributed by atoms with Crippen molar-refractivity contribution in [3.05, 3.63) is 185 Å². The van der Waals surface area contributed by atoms with Crippen LogP contribution in [0.15, 0.2) is 151 Å². The minimum absolute atomic E-state index is 0. The van der Waals surface area contributed by atoms with Gasteiger partial charge in [-0.15, -0.1) is 0 Å². The summed E-state index contributed by atoms with van der Waals surface area (Å²) in [7, 11) is -7.44. The quantitative estimate of drug-likeness (QED) is 0.0433. The molecule has 3 aromatic heterocycles. The number of benzene rings is 4. The molecule has 387 valence electrons. The summed E-state index contributed by atoms with van der Waals surface area (Å²) in [6.45, 7) is 26.7. The van der Waals surface area contributed by atoms with Gasteiger partial charge in [-0.2, -0.15) is 13.2 Å². The Bertz CT molecular complexity index is 2540. The van der Waals surface area contributed by atoms with E-state index in [9.17, 15) is 13.2 Å². The number of hydrogen-bond donors (Lipinski definition) is 0. The molecule has 1 radical (unpaired) electrons. The number of rotatable bonds is 15. The summed E-state index contributed by atoms with van der Waals surface area (Å²) >= 11 is 0. The molecule has 72 heavy (non-hydrogen) atoms. The van der Waals surface area contributed by atoms with Gasteiger partial charge < -0.3 is 23.8 Å². The molecule has 0 saturated carbocycles. The molecule has 0 unspecified atom stereocenters. The maximum atomic E-state index is 10.7. The maximum absolute atomic E-state index is 10.7. The predicted molar refractivity (Wildman–Crippen MR) is 290 cm³/mol. The Kier molecular flexibility index (Phi) is 23.7. The Hall–Kier alpha value is -4.54. The summed E-state index contributed by atoms with van der Waals surface area (Å²) in [5, 5.41) is 21.1. The Labute approximate surface area is 441 Å². The first-order valence-electron chi connectivity index (χ1n) is 23.8. The van der Waals surface area contributed by atoms with Gasteiger partial charge in [-0.1, -0.05) is 216 Å². The van der Waals surface area contributed by atoms with E-state index in [0.29, 0.717) is 35.5 Å². The van der Waals surface area contributed by atoms with Crippen LogP contribution >= 0.6 is 15.8 Å². The van der Waals surface area contributed by atoms with Crippen LogP contribution in [0.1, 0.15) is 153 Å². The van der Waals surface area contributed by atoms with Crippen LogP contribution in [0.25, 0.3) is 0 Å². The van der Waals surface area contributed by atoms with Crippen molar-refractivity contribution in [2.24, 2.45) is 0 Å². The Morgan fingerprint density at radius 1 is 0.472 bits per heavy atom. The van der Waals surface area contributed by atoms with E-state index in [1.807, 2.05) is 0 Å². The van der Waals surface area contributed by atoms with Gasteiger partial charge in [0.25, 0.3) is 7.12 Å². The summed E-state index contributed by atoms with van der Waals surface area (Å²) in [6, 6.07) is 50.2. The largest absolute Gasteiger partial charge is 2.00 e. The van der Waals surface area contributed by atoms with E-state index in [-0.39, 0.29) is 32.1 Å². The molecule has 3 heterocycles. The summed E-state index contributed by atoms with van der Waals surface area (Å²) < 4.78 is 65.5. The van der Waals surface area contributed by atoms with Crippen molar-refractivity contribution in [3.63, 3.8) is 0 Å². The van der Waals surface area contributed by atoms with Crippen LogP contribution in [0.5, 0.6) is 0 Å². The van der Waals surface area contributed by atoms with E-state index in [1.165, 1.54) is 38.3 Å². The van der Waals surface area contributed by atoms with E-state index >= 15 is 0 Å². The van der Waals surface area contributed by atoms with Gasteiger partial charge in [0.05, 0.1) is 17.1 Å². The number of aromatic nitrogens is 6. The number of halogens is 3. The standard InChI is InChI=1S/C27H45BN6.C26H22P2.CHF3O3S.H2O.Ru/c1-16(2)22-13-25(19(7)8)32(29-22)28(33-26(20(9)10)14-23(30-33)17(3)4)34-27(21(11)12)15-24(31-34)18(5)6;1-5-13-23(14-6-1)27(24-15-7-2-8-16-24)21-22-28(25-17-9-3-10-18-25)26-19-11-4-12-20-26;2-1(3,4)8(5,6)7;;/h13-21H,1-12H3;1-22H;(H,5,6,7);1H2;/q-1;;;;+2/p-1/b;22-21+;;;. The van der Waals surface area contributed by atoms with E-state index in [4.69, 9.17) is 28.3 Å². The first kappa shape index (κ1) is 61.8. The molecule has 7 aromatic rings. The van der Waals surface area contributed by atoms with Crippen molar-refractivity contribution >= 4 is 54.3 Å². The van der Waals surface area contributed by atoms with Gasteiger partial charge in [-0.3, -0.25) is 0 Å². The smallest absolute Gasteiger partial charge is 0.741 e. The van der Waals surface area contributed by atoms with Crippen molar-refractivity contribution in [2.45, 2.75) is 124 Å². The van der Waals surface area contributed by atoms with Crippen LogP contribution in [-0.2, 0) is 29.6 Å². The monoisotopic (exact) mass is 1130 g/mol. The number of hydrogen-bond acceptors (Lipinski definition) is 6. The molecule has 0 aliphatic rings. The molecule has 18 heteroatoms. The zero-order chi connectivity index (χ0) is 51.5. The van der Waals surface area contributed by atoms with Gasteiger partial charge in [0.2, 0.25) is 0 Å². The zero-order valence-electron chi connectivity index (χ0n) is 43.2. The van der Waals surface area contributed by atoms with Gasteiger partial charge >= 0.3 is 25.0 Å².